The lowest BCUT2D eigenvalue weighted by Gasteiger charge is -2.25. The van der Waals surface area contributed by atoms with E-state index < -0.39 is 37.0 Å². The fourth-order valence-corrected chi connectivity index (χ4v) is 0.912. The van der Waals surface area contributed by atoms with Crippen LogP contribution in [0.5, 0.6) is 0 Å². The van der Waals surface area contributed by atoms with Crippen LogP contribution in [0.2, 0.25) is 0 Å². The molecule has 0 saturated carbocycles. The fourth-order valence-electron chi connectivity index (χ4n) is 0.912. The zero-order valence-corrected chi connectivity index (χ0v) is 7.78. The Morgan fingerprint density at radius 3 is 2.20 bits per heavy atom. The highest BCUT2D eigenvalue weighted by atomic mass is 16.4. The maximum absolute atomic E-state index is 10.4. The molecule has 0 aliphatic carbocycles. The summed E-state index contributed by atoms with van der Waals surface area (Å²) in [7, 11) is 0. The quantitative estimate of drug-likeness (QED) is 0.254. The van der Waals surface area contributed by atoms with Gasteiger partial charge in [-0.2, -0.15) is 0 Å². The van der Waals surface area contributed by atoms with E-state index in [0.29, 0.717) is 0 Å². The van der Waals surface area contributed by atoms with Gasteiger partial charge in [0.1, 0.15) is 30.6 Å². The van der Waals surface area contributed by atoms with Crippen molar-refractivity contribution >= 4 is 12.3 Å². The molecule has 88 valence electrons. The molecule has 0 bridgehead atoms. The molecule has 0 aliphatic rings. The number of primary amides is 1. The topological polar surface area (TPSA) is 153 Å². The standard InChI is InChI=1S/C7H14N2O6/c8-7(15)9-3(1-10)5(13)6(14)4(12)2-11/h1,3-6,11-14H,2H2,(H3,8,9,15). The molecule has 4 atom stereocenters. The van der Waals surface area contributed by atoms with E-state index >= 15 is 0 Å². The predicted molar refractivity (Wildman–Crippen MR) is 47.7 cm³/mol. The molecule has 8 nitrogen and oxygen atoms in total. The molecule has 0 aromatic carbocycles. The van der Waals surface area contributed by atoms with Crippen LogP contribution in [-0.4, -0.2) is 63.7 Å². The average Bonchev–Trinajstić information content (AvgIpc) is 2.22. The summed E-state index contributed by atoms with van der Waals surface area (Å²) in [6.45, 7) is -0.791. The fraction of sp³-hybridized carbons (Fsp3) is 0.714. The van der Waals surface area contributed by atoms with Crippen molar-refractivity contribution in [1.82, 2.24) is 5.32 Å². The summed E-state index contributed by atoms with van der Waals surface area (Å²) < 4.78 is 0. The number of aliphatic hydroxyl groups excluding tert-OH is 4. The van der Waals surface area contributed by atoms with Gasteiger partial charge in [0.2, 0.25) is 0 Å². The molecular formula is C7H14N2O6. The first-order valence-electron chi connectivity index (χ1n) is 4.10. The van der Waals surface area contributed by atoms with Crippen molar-refractivity contribution < 1.29 is 30.0 Å². The summed E-state index contributed by atoms with van der Waals surface area (Å²) >= 11 is 0. The van der Waals surface area contributed by atoms with Gasteiger partial charge in [-0.05, 0) is 0 Å². The Kier molecular flexibility index (Phi) is 5.79. The number of amides is 2. The van der Waals surface area contributed by atoms with Crippen LogP contribution in [0, 0.1) is 0 Å². The van der Waals surface area contributed by atoms with Crippen LogP contribution in [0.1, 0.15) is 0 Å². The molecule has 0 rings (SSSR count). The van der Waals surface area contributed by atoms with Crippen LogP contribution in [-0.2, 0) is 4.79 Å². The first-order chi connectivity index (χ1) is 6.93. The Balaban J connectivity index is 4.42. The molecule has 0 fully saturated rings. The molecule has 0 aromatic rings. The molecule has 0 heterocycles. The Hall–Kier alpha value is -1.22. The van der Waals surface area contributed by atoms with E-state index in [1.165, 1.54) is 0 Å². The highest BCUT2D eigenvalue weighted by molar-refractivity contribution is 5.76. The third-order valence-corrected chi connectivity index (χ3v) is 1.75. The summed E-state index contributed by atoms with van der Waals surface area (Å²) in [4.78, 5) is 20.8. The van der Waals surface area contributed by atoms with Crippen LogP contribution in [0.15, 0.2) is 0 Å². The average molecular weight is 222 g/mol. The molecule has 7 N–H and O–H groups in total. The monoisotopic (exact) mass is 222 g/mol. The van der Waals surface area contributed by atoms with E-state index in [2.05, 4.69) is 0 Å². The minimum Gasteiger partial charge on any atom is -0.394 e. The normalized spacial score (nSPS) is 18.7. The van der Waals surface area contributed by atoms with Gasteiger partial charge in [0.25, 0.3) is 0 Å². The molecule has 15 heavy (non-hydrogen) atoms. The zero-order chi connectivity index (χ0) is 12.0. The molecular weight excluding hydrogens is 208 g/mol. The Morgan fingerprint density at radius 1 is 1.33 bits per heavy atom. The van der Waals surface area contributed by atoms with E-state index in [4.69, 9.17) is 15.9 Å². The number of aliphatic hydroxyl groups is 4. The Morgan fingerprint density at radius 2 is 1.87 bits per heavy atom. The van der Waals surface area contributed by atoms with Gasteiger partial charge >= 0.3 is 6.03 Å². The second kappa shape index (κ2) is 6.30. The number of carbonyl (C=O) groups excluding carboxylic acids is 2. The van der Waals surface area contributed by atoms with Gasteiger partial charge in [0.05, 0.1) is 6.61 Å². The van der Waals surface area contributed by atoms with E-state index in [-0.39, 0.29) is 6.29 Å². The number of rotatable bonds is 6. The van der Waals surface area contributed by atoms with Crippen LogP contribution < -0.4 is 11.1 Å². The van der Waals surface area contributed by atoms with Crippen molar-refractivity contribution in [2.45, 2.75) is 24.4 Å². The first-order valence-corrected chi connectivity index (χ1v) is 4.10. The molecule has 0 aliphatic heterocycles. The first kappa shape index (κ1) is 13.8. The number of aldehydes is 1. The number of nitrogens with two attached hydrogens (primary N) is 1. The van der Waals surface area contributed by atoms with Crippen LogP contribution in [0.3, 0.4) is 0 Å². The summed E-state index contributed by atoms with van der Waals surface area (Å²) in [5.41, 5.74) is 4.70. The predicted octanol–water partition coefficient (Wildman–Crippen LogP) is -3.70. The lowest BCUT2D eigenvalue weighted by molar-refractivity contribution is -0.119. The minimum absolute atomic E-state index is 0.155. The highest BCUT2D eigenvalue weighted by Crippen LogP contribution is 2.03. The van der Waals surface area contributed by atoms with Crippen LogP contribution >= 0.6 is 0 Å². The lowest BCUT2D eigenvalue weighted by atomic mass is 10.0. The zero-order valence-electron chi connectivity index (χ0n) is 7.78. The third-order valence-electron chi connectivity index (χ3n) is 1.75. The summed E-state index contributed by atoms with van der Waals surface area (Å²) in [5, 5.41) is 37.8. The summed E-state index contributed by atoms with van der Waals surface area (Å²) in [6, 6.07) is -2.50. The molecule has 0 radical (unpaired) electrons. The van der Waals surface area contributed by atoms with E-state index in [1.54, 1.807) is 0 Å². The lowest BCUT2D eigenvalue weighted by Crippen LogP contribution is -2.54. The Bertz CT molecular complexity index is 224. The van der Waals surface area contributed by atoms with Gasteiger partial charge in [-0.25, -0.2) is 4.79 Å². The van der Waals surface area contributed by atoms with Gasteiger partial charge in [-0.15, -0.1) is 0 Å². The maximum atomic E-state index is 10.4. The van der Waals surface area contributed by atoms with Crippen molar-refractivity contribution in [3.63, 3.8) is 0 Å². The van der Waals surface area contributed by atoms with E-state index in [1.807, 2.05) is 5.32 Å². The summed E-state index contributed by atoms with van der Waals surface area (Å²) in [6.07, 6.45) is -4.98. The van der Waals surface area contributed by atoms with E-state index in [0.717, 1.165) is 0 Å². The largest absolute Gasteiger partial charge is 0.394 e. The molecule has 2 amide bonds. The second-order valence-corrected chi connectivity index (χ2v) is 2.90. The molecule has 8 heteroatoms. The number of nitrogens with one attached hydrogen (secondary N) is 1. The van der Waals surface area contributed by atoms with Crippen molar-refractivity contribution in [2.75, 3.05) is 6.61 Å². The van der Waals surface area contributed by atoms with Crippen molar-refractivity contribution in [2.24, 2.45) is 5.73 Å². The van der Waals surface area contributed by atoms with Gasteiger partial charge in [-0.1, -0.05) is 0 Å². The SMILES string of the molecule is NC(=O)NC(C=O)C(O)C(O)C(O)CO. The van der Waals surface area contributed by atoms with E-state index in [9.17, 15) is 19.8 Å². The van der Waals surface area contributed by atoms with Crippen LogP contribution in [0.25, 0.3) is 0 Å². The van der Waals surface area contributed by atoms with Gasteiger partial charge in [-0.3, -0.25) is 0 Å². The van der Waals surface area contributed by atoms with Gasteiger partial charge < -0.3 is 36.3 Å². The summed E-state index contributed by atoms with van der Waals surface area (Å²) in [5.74, 6) is 0. The number of carbonyl (C=O) groups is 2. The number of urea groups is 1. The minimum atomic E-state index is -1.77. The molecule has 0 saturated heterocycles. The molecule has 0 spiro atoms. The van der Waals surface area contributed by atoms with Crippen molar-refractivity contribution in [3.05, 3.63) is 0 Å². The van der Waals surface area contributed by atoms with Crippen molar-refractivity contribution in [1.29, 1.82) is 0 Å². The van der Waals surface area contributed by atoms with Crippen molar-refractivity contribution in [3.8, 4) is 0 Å². The number of hydrogen-bond donors (Lipinski definition) is 6. The Labute approximate surface area is 85.3 Å². The highest BCUT2D eigenvalue weighted by Gasteiger charge is 2.31. The van der Waals surface area contributed by atoms with Gasteiger partial charge in [0, 0.05) is 0 Å². The van der Waals surface area contributed by atoms with Gasteiger partial charge in [0.15, 0.2) is 0 Å². The maximum Gasteiger partial charge on any atom is 0.312 e. The molecule has 0 aromatic heterocycles. The smallest absolute Gasteiger partial charge is 0.312 e. The second-order valence-electron chi connectivity index (χ2n) is 2.90. The van der Waals surface area contributed by atoms with Crippen LogP contribution in [0.4, 0.5) is 4.79 Å². The molecule has 4 unspecified atom stereocenters. The third kappa shape index (κ3) is 4.21. The number of hydrogen-bond acceptors (Lipinski definition) is 6.